The Morgan fingerprint density at radius 1 is 1.06 bits per heavy atom. The van der Waals surface area contributed by atoms with Crippen LogP contribution in [0.4, 0.5) is 0 Å². The molecule has 2 aromatic carbocycles. The molecule has 0 fully saturated rings. The fraction of sp³-hybridized carbons (Fsp3) is 0.375. The molecule has 0 bridgehead atoms. The molecule has 0 aromatic heterocycles. The highest BCUT2D eigenvalue weighted by Crippen LogP contribution is 2.31. The van der Waals surface area contributed by atoms with Crippen molar-refractivity contribution in [3.05, 3.63) is 63.6 Å². The normalized spacial score (nSPS) is 15.1. The second-order valence-electron chi connectivity index (χ2n) is 8.44. The van der Waals surface area contributed by atoms with Crippen LogP contribution in [0.1, 0.15) is 49.5 Å². The molecular weight excluding hydrogens is 513 g/mol. The van der Waals surface area contributed by atoms with Gasteiger partial charge in [-0.1, -0.05) is 48.3 Å². The van der Waals surface area contributed by atoms with Crippen molar-refractivity contribution in [1.82, 2.24) is 14.5 Å². The topological polar surface area (TPSA) is 104 Å². The molecule has 11 heteroatoms. The first-order valence-electron chi connectivity index (χ1n) is 11.2. The maximum Gasteiger partial charge on any atom is 0.269 e. The van der Waals surface area contributed by atoms with Crippen LogP contribution in [0.25, 0.3) is 0 Å². The lowest BCUT2D eigenvalue weighted by Crippen LogP contribution is -2.51. The zero-order valence-electron chi connectivity index (χ0n) is 19.6. The van der Waals surface area contributed by atoms with Crippen molar-refractivity contribution < 1.29 is 22.8 Å². The largest absolute Gasteiger partial charge is 0.352 e. The van der Waals surface area contributed by atoms with Crippen LogP contribution in [0.5, 0.6) is 0 Å². The van der Waals surface area contributed by atoms with Crippen LogP contribution >= 0.6 is 23.2 Å². The van der Waals surface area contributed by atoms with E-state index in [4.69, 9.17) is 23.2 Å². The fourth-order valence-corrected chi connectivity index (χ4v) is 6.03. The second kappa shape index (κ2) is 11.0. The quantitative estimate of drug-likeness (QED) is 0.520. The number of nitrogens with zero attached hydrogens (tertiary/aromatic N) is 2. The summed E-state index contributed by atoms with van der Waals surface area (Å²) in [4.78, 5) is 40.3. The van der Waals surface area contributed by atoms with Crippen LogP contribution in [-0.2, 0) is 26.2 Å². The zero-order valence-corrected chi connectivity index (χ0v) is 22.0. The Bertz CT molecular complexity index is 1230. The van der Waals surface area contributed by atoms with Crippen LogP contribution < -0.4 is 5.32 Å². The highest BCUT2D eigenvalue weighted by atomic mass is 35.5. The zero-order chi connectivity index (χ0) is 25.9. The Morgan fingerprint density at radius 2 is 1.69 bits per heavy atom. The highest BCUT2D eigenvalue weighted by Gasteiger charge is 2.41. The van der Waals surface area contributed by atoms with Crippen molar-refractivity contribution in [2.24, 2.45) is 0 Å². The van der Waals surface area contributed by atoms with E-state index in [1.165, 1.54) is 23.1 Å². The minimum Gasteiger partial charge on any atom is -0.352 e. The lowest BCUT2D eigenvalue weighted by molar-refractivity contribution is -0.141. The summed E-state index contributed by atoms with van der Waals surface area (Å²) in [7, 11) is -4.06. The Labute approximate surface area is 215 Å². The van der Waals surface area contributed by atoms with E-state index in [0.717, 1.165) is 0 Å². The number of carbonyl (C=O) groups is 3. The smallest absolute Gasteiger partial charge is 0.269 e. The molecule has 0 saturated heterocycles. The van der Waals surface area contributed by atoms with Crippen molar-refractivity contribution in [3.8, 4) is 0 Å². The number of rotatable bonds is 9. The van der Waals surface area contributed by atoms with Crippen LogP contribution in [-0.4, -0.2) is 54.0 Å². The van der Waals surface area contributed by atoms with E-state index in [2.05, 4.69) is 5.32 Å². The number of fused-ring (bicyclic) bond motifs is 1. The first kappa shape index (κ1) is 27.0. The fourth-order valence-electron chi connectivity index (χ4n) is 3.95. The maximum absolute atomic E-state index is 13.4. The van der Waals surface area contributed by atoms with Crippen LogP contribution in [0.15, 0.2) is 47.4 Å². The Morgan fingerprint density at radius 3 is 2.26 bits per heavy atom. The summed E-state index contributed by atoms with van der Waals surface area (Å²) in [5.74, 6) is -1.54. The minimum atomic E-state index is -4.06. The van der Waals surface area contributed by atoms with Crippen LogP contribution in [0, 0.1) is 0 Å². The van der Waals surface area contributed by atoms with Crippen molar-refractivity contribution >= 4 is 50.9 Å². The molecule has 0 saturated carbocycles. The van der Waals surface area contributed by atoms with Gasteiger partial charge in [-0.3, -0.25) is 14.4 Å². The molecule has 2 aromatic rings. The number of hydrogen-bond donors (Lipinski definition) is 1. The van der Waals surface area contributed by atoms with Gasteiger partial charge in [0.05, 0.1) is 5.56 Å². The van der Waals surface area contributed by atoms with Gasteiger partial charge in [-0.25, -0.2) is 12.7 Å². The molecule has 0 aliphatic carbocycles. The van der Waals surface area contributed by atoms with E-state index in [0.29, 0.717) is 26.3 Å². The van der Waals surface area contributed by atoms with Crippen molar-refractivity contribution in [3.63, 3.8) is 0 Å². The molecule has 1 atom stereocenters. The predicted molar refractivity (Wildman–Crippen MR) is 134 cm³/mol. The summed E-state index contributed by atoms with van der Waals surface area (Å²) < 4.78 is 26.4. The summed E-state index contributed by atoms with van der Waals surface area (Å²) in [5, 5.41) is 3.48. The SMILES string of the molecule is CC[C@@H](C(=O)NC(C)C)N(Cc1c(Cl)cccc1Cl)C(=O)CCN1C(=O)c2ccccc2S1(=O)=O. The summed E-state index contributed by atoms with van der Waals surface area (Å²) in [5.41, 5.74) is 0.541. The summed E-state index contributed by atoms with van der Waals surface area (Å²) in [6.45, 7) is 4.97. The Balaban J connectivity index is 1.88. The van der Waals surface area contributed by atoms with E-state index < -0.39 is 27.9 Å². The van der Waals surface area contributed by atoms with Crippen LogP contribution in [0.3, 0.4) is 0 Å². The number of hydrogen-bond acceptors (Lipinski definition) is 5. The molecular formula is C24H27Cl2N3O5S. The molecule has 8 nitrogen and oxygen atoms in total. The number of sulfonamides is 1. The molecule has 0 spiro atoms. The summed E-state index contributed by atoms with van der Waals surface area (Å²) in [6, 6.07) is 9.85. The number of amides is 3. The standard InChI is InChI=1S/C24H27Cl2N3O5S/c1-4-20(23(31)27-15(2)3)28(14-17-18(25)9-7-10-19(17)26)22(30)12-13-29-24(32)16-8-5-6-11-21(16)35(29,33)34/h5-11,15,20H,4,12-14H2,1-3H3,(H,27,31)/t20-/m0/s1. The Hall–Kier alpha value is -2.62. The summed E-state index contributed by atoms with van der Waals surface area (Å²) >= 11 is 12.6. The van der Waals surface area contributed by atoms with Crippen molar-refractivity contribution in [2.45, 2.75) is 57.1 Å². The molecule has 1 N–H and O–H groups in total. The molecule has 1 aliphatic heterocycles. The van der Waals surface area contributed by atoms with E-state index >= 15 is 0 Å². The third-order valence-corrected chi connectivity index (χ3v) is 8.20. The van der Waals surface area contributed by atoms with Gasteiger partial charge < -0.3 is 10.2 Å². The van der Waals surface area contributed by atoms with Gasteiger partial charge in [0, 0.05) is 41.2 Å². The van der Waals surface area contributed by atoms with Gasteiger partial charge in [0.1, 0.15) is 10.9 Å². The monoisotopic (exact) mass is 539 g/mol. The average molecular weight is 540 g/mol. The van der Waals surface area contributed by atoms with Gasteiger partial charge in [-0.05, 0) is 44.5 Å². The van der Waals surface area contributed by atoms with E-state index in [9.17, 15) is 22.8 Å². The number of benzene rings is 2. The van der Waals surface area contributed by atoms with Gasteiger partial charge in [0.25, 0.3) is 15.9 Å². The molecule has 35 heavy (non-hydrogen) atoms. The maximum atomic E-state index is 13.4. The lowest BCUT2D eigenvalue weighted by Gasteiger charge is -2.32. The molecule has 1 heterocycles. The Kier molecular flexibility index (Phi) is 8.46. The molecule has 3 rings (SSSR count). The lowest BCUT2D eigenvalue weighted by atomic mass is 10.1. The molecule has 188 valence electrons. The van der Waals surface area contributed by atoms with Crippen molar-refractivity contribution in [1.29, 1.82) is 0 Å². The molecule has 1 aliphatic rings. The number of carbonyl (C=O) groups excluding carboxylic acids is 3. The van der Waals surface area contributed by atoms with Gasteiger partial charge in [0.15, 0.2) is 0 Å². The van der Waals surface area contributed by atoms with Gasteiger partial charge in [-0.15, -0.1) is 0 Å². The average Bonchev–Trinajstić information content (AvgIpc) is 2.98. The summed E-state index contributed by atoms with van der Waals surface area (Å²) in [6.07, 6.45) is -0.00869. The van der Waals surface area contributed by atoms with E-state index in [-0.39, 0.29) is 41.9 Å². The third kappa shape index (κ3) is 5.63. The van der Waals surface area contributed by atoms with E-state index in [1.807, 2.05) is 13.8 Å². The van der Waals surface area contributed by atoms with Crippen molar-refractivity contribution in [2.75, 3.05) is 6.54 Å². The third-order valence-electron chi connectivity index (χ3n) is 5.65. The molecule has 0 radical (unpaired) electrons. The van der Waals surface area contributed by atoms with E-state index in [1.54, 1.807) is 31.2 Å². The molecule has 3 amide bonds. The first-order valence-corrected chi connectivity index (χ1v) is 13.4. The minimum absolute atomic E-state index is 0.0533. The van der Waals surface area contributed by atoms with Gasteiger partial charge in [0.2, 0.25) is 11.8 Å². The number of nitrogens with one attached hydrogen (secondary N) is 1. The van der Waals surface area contributed by atoms with Gasteiger partial charge in [-0.2, -0.15) is 0 Å². The second-order valence-corrected chi connectivity index (χ2v) is 11.1. The molecule has 0 unspecified atom stereocenters. The van der Waals surface area contributed by atoms with Gasteiger partial charge >= 0.3 is 0 Å². The highest BCUT2D eigenvalue weighted by molar-refractivity contribution is 7.90. The predicted octanol–water partition coefficient (Wildman–Crippen LogP) is 3.86. The van der Waals surface area contributed by atoms with Crippen LogP contribution in [0.2, 0.25) is 10.0 Å². The number of halogens is 2. The first-order chi connectivity index (χ1) is 16.5.